The van der Waals surface area contributed by atoms with Crippen LogP contribution in [0.4, 0.5) is 0 Å². The number of aliphatic carboxylic acids is 1. The second kappa shape index (κ2) is 3.41. The highest BCUT2D eigenvalue weighted by atomic mass is 79.9. The molecule has 1 aliphatic carbocycles. The molecule has 0 spiro atoms. The summed E-state index contributed by atoms with van der Waals surface area (Å²) in [5.41, 5.74) is 2.05. The molecule has 0 amide bonds. The third-order valence-electron chi connectivity index (χ3n) is 2.19. The number of halogens is 2. The summed E-state index contributed by atoms with van der Waals surface area (Å²) in [5.74, 6) is -0.905. The van der Waals surface area contributed by atoms with Gasteiger partial charge in [-0.1, -0.05) is 33.6 Å². The van der Waals surface area contributed by atoms with Crippen molar-refractivity contribution in [3.63, 3.8) is 0 Å². The van der Waals surface area contributed by atoms with Crippen LogP contribution in [0.3, 0.4) is 0 Å². The molecule has 14 heavy (non-hydrogen) atoms. The fourth-order valence-electron chi connectivity index (χ4n) is 1.57. The van der Waals surface area contributed by atoms with E-state index in [2.05, 4.69) is 15.9 Å². The predicted octanol–water partition coefficient (Wildman–Crippen LogP) is 3.13. The van der Waals surface area contributed by atoms with Crippen LogP contribution in [0.25, 0.3) is 5.57 Å². The van der Waals surface area contributed by atoms with Gasteiger partial charge in [0.25, 0.3) is 0 Å². The van der Waals surface area contributed by atoms with Crippen LogP contribution in [-0.4, -0.2) is 11.1 Å². The van der Waals surface area contributed by atoms with E-state index in [9.17, 15) is 4.79 Å². The van der Waals surface area contributed by atoms with E-state index in [0.29, 0.717) is 17.0 Å². The number of carboxylic acid groups (broad SMARTS) is 1. The first kappa shape index (κ1) is 9.74. The van der Waals surface area contributed by atoms with E-state index in [-0.39, 0.29) is 0 Å². The van der Waals surface area contributed by atoms with E-state index in [1.807, 2.05) is 0 Å². The lowest BCUT2D eigenvalue weighted by Gasteiger charge is -2.04. The van der Waals surface area contributed by atoms with Crippen molar-refractivity contribution in [2.45, 2.75) is 6.42 Å². The first-order valence-corrected chi connectivity index (χ1v) is 5.18. The molecule has 0 unspecified atom stereocenters. The molecular formula is C10H6BrClO2. The summed E-state index contributed by atoms with van der Waals surface area (Å²) in [7, 11) is 0. The number of carbonyl (C=O) groups is 1. The van der Waals surface area contributed by atoms with Crippen LogP contribution >= 0.6 is 27.5 Å². The Morgan fingerprint density at radius 3 is 2.86 bits per heavy atom. The van der Waals surface area contributed by atoms with Crippen molar-refractivity contribution in [3.8, 4) is 0 Å². The molecule has 1 aliphatic rings. The minimum atomic E-state index is -0.905. The Morgan fingerprint density at radius 2 is 2.21 bits per heavy atom. The Kier molecular flexibility index (Phi) is 2.37. The standard InChI is InChI=1S/C10H6BrClO2/c11-9-4-5(12)3-8-6(9)1-2-7(8)10(13)14/h2-4H,1H2,(H,13,14). The summed E-state index contributed by atoms with van der Waals surface area (Å²) in [6.45, 7) is 0. The first-order chi connectivity index (χ1) is 6.59. The number of allylic oxidation sites excluding steroid dienone is 1. The number of hydrogen-bond donors (Lipinski definition) is 1. The van der Waals surface area contributed by atoms with Crippen molar-refractivity contribution >= 4 is 39.1 Å². The molecule has 0 bridgehead atoms. The number of hydrogen-bond acceptors (Lipinski definition) is 1. The number of benzene rings is 1. The molecule has 72 valence electrons. The van der Waals surface area contributed by atoms with Crippen molar-refractivity contribution in [2.75, 3.05) is 0 Å². The van der Waals surface area contributed by atoms with E-state index in [1.165, 1.54) is 0 Å². The van der Waals surface area contributed by atoms with Gasteiger partial charge in [0.1, 0.15) is 0 Å². The maximum Gasteiger partial charge on any atom is 0.335 e. The highest BCUT2D eigenvalue weighted by Gasteiger charge is 2.21. The van der Waals surface area contributed by atoms with E-state index >= 15 is 0 Å². The fourth-order valence-corrected chi connectivity index (χ4v) is 2.54. The quantitative estimate of drug-likeness (QED) is 0.853. The van der Waals surface area contributed by atoms with Gasteiger partial charge in [-0.25, -0.2) is 4.79 Å². The molecule has 1 aromatic carbocycles. The molecule has 0 saturated carbocycles. The highest BCUT2D eigenvalue weighted by Crippen LogP contribution is 2.35. The Hall–Kier alpha value is -0.800. The second-order valence-electron chi connectivity index (χ2n) is 3.04. The van der Waals surface area contributed by atoms with Crippen LogP contribution in [0.5, 0.6) is 0 Å². The summed E-state index contributed by atoms with van der Waals surface area (Å²) in [6, 6.07) is 3.47. The van der Waals surface area contributed by atoms with E-state index in [4.69, 9.17) is 16.7 Å². The Labute approximate surface area is 94.3 Å². The largest absolute Gasteiger partial charge is 0.478 e. The highest BCUT2D eigenvalue weighted by molar-refractivity contribution is 9.10. The number of carboxylic acids is 1. The SMILES string of the molecule is O=C(O)C1=CCc2c(Br)cc(Cl)cc21. The lowest BCUT2D eigenvalue weighted by atomic mass is 10.1. The minimum absolute atomic E-state index is 0.336. The topological polar surface area (TPSA) is 37.3 Å². The molecule has 0 radical (unpaired) electrons. The van der Waals surface area contributed by atoms with Gasteiger partial charge in [-0.05, 0) is 29.7 Å². The van der Waals surface area contributed by atoms with Gasteiger partial charge < -0.3 is 5.11 Å². The molecule has 0 fully saturated rings. The third kappa shape index (κ3) is 1.47. The molecule has 0 atom stereocenters. The van der Waals surface area contributed by atoms with Gasteiger partial charge in [0.05, 0.1) is 5.57 Å². The maximum atomic E-state index is 10.9. The summed E-state index contributed by atoms with van der Waals surface area (Å²) in [6.07, 6.45) is 2.35. The van der Waals surface area contributed by atoms with Crippen LogP contribution < -0.4 is 0 Å². The van der Waals surface area contributed by atoms with Crippen molar-refractivity contribution in [2.24, 2.45) is 0 Å². The summed E-state index contributed by atoms with van der Waals surface area (Å²) in [5, 5.41) is 9.46. The average molecular weight is 274 g/mol. The lowest BCUT2D eigenvalue weighted by Crippen LogP contribution is -1.98. The maximum absolute atomic E-state index is 10.9. The third-order valence-corrected chi connectivity index (χ3v) is 3.12. The fraction of sp³-hybridized carbons (Fsp3) is 0.100. The molecule has 2 nitrogen and oxygen atoms in total. The van der Waals surface area contributed by atoms with Crippen LogP contribution in [0.2, 0.25) is 5.02 Å². The zero-order chi connectivity index (χ0) is 10.3. The summed E-state index contributed by atoms with van der Waals surface area (Å²) >= 11 is 9.21. The van der Waals surface area contributed by atoms with Crippen molar-refractivity contribution in [1.82, 2.24) is 0 Å². The van der Waals surface area contributed by atoms with Gasteiger partial charge in [-0.15, -0.1) is 0 Å². The predicted molar refractivity (Wildman–Crippen MR) is 58.5 cm³/mol. The second-order valence-corrected chi connectivity index (χ2v) is 4.33. The molecular weight excluding hydrogens is 267 g/mol. The molecule has 0 aliphatic heterocycles. The van der Waals surface area contributed by atoms with Gasteiger partial charge >= 0.3 is 5.97 Å². The van der Waals surface area contributed by atoms with Crippen molar-refractivity contribution in [1.29, 1.82) is 0 Å². The van der Waals surface area contributed by atoms with Crippen LogP contribution in [0.15, 0.2) is 22.7 Å². The van der Waals surface area contributed by atoms with Crippen LogP contribution in [0, 0.1) is 0 Å². The van der Waals surface area contributed by atoms with Gasteiger partial charge in [0.2, 0.25) is 0 Å². The van der Waals surface area contributed by atoms with Gasteiger partial charge in [-0.3, -0.25) is 0 Å². The normalized spacial score (nSPS) is 13.7. The van der Waals surface area contributed by atoms with E-state index < -0.39 is 5.97 Å². The smallest absolute Gasteiger partial charge is 0.335 e. The Bertz CT molecular complexity index is 452. The Morgan fingerprint density at radius 1 is 1.50 bits per heavy atom. The molecule has 0 aromatic heterocycles. The van der Waals surface area contributed by atoms with Gasteiger partial charge in [0.15, 0.2) is 0 Å². The first-order valence-electron chi connectivity index (χ1n) is 4.01. The lowest BCUT2D eigenvalue weighted by molar-refractivity contribution is -0.130. The average Bonchev–Trinajstić information content (AvgIpc) is 2.47. The number of fused-ring (bicyclic) bond motifs is 1. The molecule has 0 saturated heterocycles. The zero-order valence-electron chi connectivity index (χ0n) is 7.05. The summed E-state index contributed by atoms with van der Waals surface area (Å²) < 4.78 is 0.868. The molecule has 1 aromatic rings. The molecule has 4 heteroatoms. The molecule has 0 heterocycles. The van der Waals surface area contributed by atoms with Crippen LogP contribution in [-0.2, 0) is 11.2 Å². The minimum Gasteiger partial charge on any atom is -0.478 e. The van der Waals surface area contributed by atoms with Crippen molar-refractivity contribution in [3.05, 3.63) is 38.8 Å². The monoisotopic (exact) mass is 272 g/mol. The van der Waals surface area contributed by atoms with E-state index in [0.717, 1.165) is 15.6 Å². The number of rotatable bonds is 1. The van der Waals surface area contributed by atoms with Crippen LogP contribution in [0.1, 0.15) is 11.1 Å². The van der Waals surface area contributed by atoms with Gasteiger partial charge in [-0.2, -0.15) is 0 Å². The van der Waals surface area contributed by atoms with E-state index in [1.54, 1.807) is 18.2 Å². The zero-order valence-corrected chi connectivity index (χ0v) is 9.39. The molecule has 2 rings (SSSR count). The van der Waals surface area contributed by atoms with Gasteiger partial charge in [0, 0.05) is 9.50 Å². The summed E-state index contributed by atoms with van der Waals surface area (Å²) in [4.78, 5) is 10.9. The molecule has 1 N–H and O–H groups in total. The Balaban J connectivity index is 2.61. The van der Waals surface area contributed by atoms with Crippen molar-refractivity contribution < 1.29 is 9.90 Å².